The Kier molecular flexibility index (Phi) is 5.38. The maximum atomic E-state index is 12.2. The van der Waals surface area contributed by atoms with Gasteiger partial charge in [0, 0.05) is 18.7 Å². The predicted molar refractivity (Wildman–Crippen MR) is 92.2 cm³/mol. The second kappa shape index (κ2) is 7.51. The van der Waals surface area contributed by atoms with E-state index >= 15 is 0 Å². The van der Waals surface area contributed by atoms with E-state index in [0.717, 1.165) is 25.0 Å². The summed E-state index contributed by atoms with van der Waals surface area (Å²) in [5.41, 5.74) is 0.761. The van der Waals surface area contributed by atoms with Crippen LogP contribution in [0.1, 0.15) is 18.7 Å². The van der Waals surface area contributed by atoms with E-state index in [4.69, 9.17) is 27.9 Å². The van der Waals surface area contributed by atoms with Crippen LogP contribution < -0.4 is 5.32 Å². The predicted octanol–water partition coefficient (Wildman–Crippen LogP) is 2.86. The molecule has 1 aromatic heterocycles. The fraction of sp³-hybridized carbons (Fsp3) is 0.438. The minimum absolute atomic E-state index is 0.0864. The van der Waals surface area contributed by atoms with Crippen molar-refractivity contribution in [1.82, 2.24) is 20.1 Å². The molecular weight excluding hydrogens is 351 g/mol. The Hall–Kier alpha value is -1.63. The van der Waals surface area contributed by atoms with E-state index in [0.29, 0.717) is 28.2 Å². The van der Waals surface area contributed by atoms with E-state index in [1.165, 1.54) is 0 Å². The fourth-order valence-corrected chi connectivity index (χ4v) is 2.94. The number of aryl methyl sites for hydroxylation is 1. The number of carbonyl (C=O) groups excluding carboxylic acids is 1. The van der Waals surface area contributed by atoms with Gasteiger partial charge < -0.3 is 10.1 Å². The molecule has 0 radical (unpaired) electrons. The maximum Gasteiger partial charge on any atom is 0.241 e. The molecule has 1 fully saturated rings. The molecule has 1 saturated heterocycles. The van der Waals surface area contributed by atoms with Crippen molar-refractivity contribution in [2.45, 2.75) is 32.4 Å². The summed E-state index contributed by atoms with van der Waals surface area (Å²) in [6.07, 6.45) is 2.14. The summed E-state index contributed by atoms with van der Waals surface area (Å²) in [5, 5.41) is 8.08. The molecule has 128 valence electrons. The third-order valence-electron chi connectivity index (χ3n) is 3.80. The standard InChI is InChI=1S/C16H18Cl2N4O2/c1-10-20-16(11-4-5-13(17)14(18)7-11)22(21-10)9-15(23)19-8-12-3-2-6-24-12/h4-5,7,12H,2-3,6,8-9H2,1H3,(H,19,23). The van der Waals surface area contributed by atoms with Crippen molar-refractivity contribution in [3.63, 3.8) is 0 Å². The number of amides is 1. The third-order valence-corrected chi connectivity index (χ3v) is 4.54. The van der Waals surface area contributed by atoms with Crippen LogP contribution in [0.15, 0.2) is 18.2 Å². The fourth-order valence-electron chi connectivity index (χ4n) is 2.64. The van der Waals surface area contributed by atoms with Gasteiger partial charge in [-0.2, -0.15) is 5.10 Å². The Morgan fingerprint density at radius 3 is 2.96 bits per heavy atom. The van der Waals surface area contributed by atoms with E-state index in [-0.39, 0.29) is 18.6 Å². The van der Waals surface area contributed by atoms with Crippen LogP contribution in [0.25, 0.3) is 11.4 Å². The van der Waals surface area contributed by atoms with Gasteiger partial charge in [-0.3, -0.25) is 4.79 Å². The second-order valence-electron chi connectivity index (χ2n) is 5.71. The minimum Gasteiger partial charge on any atom is -0.376 e. The normalized spacial score (nSPS) is 17.2. The number of carbonyl (C=O) groups is 1. The average molecular weight is 369 g/mol. The highest BCUT2D eigenvalue weighted by molar-refractivity contribution is 6.42. The summed E-state index contributed by atoms with van der Waals surface area (Å²) in [6, 6.07) is 5.22. The number of halogens is 2. The quantitative estimate of drug-likeness (QED) is 0.880. The van der Waals surface area contributed by atoms with Crippen molar-refractivity contribution >= 4 is 29.1 Å². The molecule has 1 atom stereocenters. The van der Waals surface area contributed by atoms with E-state index in [1.54, 1.807) is 29.8 Å². The highest BCUT2D eigenvalue weighted by Crippen LogP contribution is 2.27. The van der Waals surface area contributed by atoms with E-state index in [9.17, 15) is 4.79 Å². The van der Waals surface area contributed by atoms with Crippen LogP contribution in [0.5, 0.6) is 0 Å². The topological polar surface area (TPSA) is 69.0 Å². The first kappa shape index (κ1) is 17.2. The van der Waals surface area contributed by atoms with Crippen molar-refractivity contribution in [2.75, 3.05) is 13.2 Å². The zero-order valence-corrected chi connectivity index (χ0v) is 14.8. The Morgan fingerprint density at radius 2 is 2.25 bits per heavy atom. The summed E-state index contributed by atoms with van der Waals surface area (Å²) >= 11 is 12.0. The van der Waals surface area contributed by atoms with Crippen LogP contribution in [0, 0.1) is 6.92 Å². The van der Waals surface area contributed by atoms with Gasteiger partial charge in [0.15, 0.2) is 5.82 Å². The lowest BCUT2D eigenvalue weighted by atomic mass is 10.2. The van der Waals surface area contributed by atoms with Gasteiger partial charge in [-0.25, -0.2) is 9.67 Å². The molecule has 0 saturated carbocycles. The average Bonchev–Trinajstić information content (AvgIpc) is 3.18. The molecule has 6 nitrogen and oxygen atoms in total. The number of benzene rings is 1. The van der Waals surface area contributed by atoms with Crippen molar-refractivity contribution < 1.29 is 9.53 Å². The molecule has 1 amide bonds. The summed E-state index contributed by atoms with van der Waals surface area (Å²) in [7, 11) is 0. The highest BCUT2D eigenvalue weighted by atomic mass is 35.5. The summed E-state index contributed by atoms with van der Waals surface area (Å²) < 4.78 is 7.07. The van der Waals surface area contributed by atoms with E-state index in [2.05, 4.69) is 15.4 Å². The first-order chi connectivity index (χ1) is 11.5. The van der Waals surface area contributed by atoms with Crippen molar-refractivity contribution in [3.8, 4) is 11.4 Å². The van der Waals surface area contributed by atoms with E-state index in [1.807, 2.05) is 0 Å². The van der Waals surface area contributed by atoms with Crippen LogP contribution in [-0.4, -0.2) is 39.9 Å². The molecule has 0 bridgehead atoms. The molecule has 1 aromatic carbocycles. The number of ether oxygens (including phenoxy) is 1. The van der Waals surface area contributed by atoms with Crippen molar-refractivity contribution in [3.05, 3.63) is 34.1 Å². The molecule has 0 spiro atoms. The lowest BCUT2D eigenvalue weighted by Crippen LogP contribution is -2.34. The Morgan fingerprint density at radius 1 is 1.42 bits per heavy atom. The summed E-state index contributed by atoms with van der Waals surface area (Å²) in [5.74, 6) is 1.04. The number of hydrogen-bond acceptors (Lipinski definition) is 4. The highest BCUT2D eigenvalue weighted by Gasteiger charge is 2.18. The summed E-state index contributed by atoms with van der Waals surface area (Å²) in [6.45, 7) is 3.16. The van der Waals surface area contributed by atoms with Gasteiger partial charge in [-0.15, -0.1) is 0 Å². The van der Waals surface area contributed by atoms with Crippen LogP contribution in [-0.2, 0) is 16.1 Å². The monoisotopic (exact) mass is 368 g/mol. The van der Waals surface area contributed by atoms with Gasteiger partial charge in [0.25, 0.3) is 0 Å². The number of nitrogens with zero attached hydrogens (tertiary/aromatic N) is 3. The first-order valence-electron chi connectivity index (χ1n) is 7.78. The van der Waals surface area contributed by atoms with Gasteiger partial charge in [-0.1, -0.05) is 23.2 Å². The number of rotatable bonds is 5. The molecule has 0 aliphatic carbocycles. The Labute approximate surface area is 150 Å². The van der Waals surface area contributed by atoms with Crippen LogP contribution in [0.2, 0.25) is 10.0 Å². The lowest BCUT2D eigenvalue weighted by molar-refractivity contribution is -0.122. The van der Waals surface area contributed by atoms with Gasteiger partial charge in [0.05, 0.1) is 16.1 Å². The number of nitrogens with one attached hydrogen (secondary N) is 1. The molecule has 1 aliphatic rings. The first-order valence-corrected chi connectivity index (χ1v) is 8.53. The van der Waals surface area contributed by atoms with E-state index < -0.39 is 0 Å². The zero-order chi connectivity index (χ0) is 17.1. The largest absolute Gasteiger partial charge is 0.376 e. The second-order valence-corrected chi connectivity index (χ2v) is 6.52. The molecule has 2 aromatic rings. The van der Waals surface area contributed by atoms with Crippen molar-refractivity contribution in [1.29, 1.82) is 0 Å². The molecule has 8 heteroatoms. The molecule has 24 heavy (non-hydrogen) atoms. The van der Waals surface area contributed by atoms with Crippen molar-refractivity contribution in [2.24, 2.45) is 0 Å². The number of aromatic nitrogens is 3. The summed E-state index contributed by atoms with van der Waals surface area (Å²) in [4.78, 5) is 16.6. The van der Waals surface area contributed by atoms with Gasteiger partial charge in [0.2, 0.25) is 5.91 Å². The van der Waals surface area contributed by atoms with Crippen LogP contribution in [0.4, 0.5) is 0 Å². The molecule has 1 unspecified atom stereocenters. The maximum absolute atomic E-state index is 12.2. The Balaban J connectivity index is 1.71. The lowest BCUT2D eigenvalue weighted by Gasteiger charge is -2.11. The minimum atomic E-state index is -0.128. The molecule has 2 heterocycles. The molecule has 1 aliphatic heterocycles. The molecule has 3 rings (SSSR count). The number of hydrogen-bond donors (Lipinski definition) is 1. The molecule has 1 N–H and O–H groups in total. The third kappa shape index (κ3) is 4.06. The van der Waals surface area contributed by atoms with Gasteiger partial charge >= 0.3 is 0 Å². The smallest absolute Gasteiger partial charge is 0.241 e. The van der Waals surface area contributed by atoms with Crippen LogP contribution >= 0.6 is 23.2 Å². The van der Waals surface area contributed by atoms with Gasteiger partial charge in [0.1, 0.15) is 12.4 Å². The van der Waals surface area contributed by atoms with Gasteiger partial charge in [-0.05, 0) is 38.0 Å². The van der Waals surface area contributed by atoms with Crippen LogP contribution in [0.3, 0.4) is 0 Å². The SMILES string of the molecule is Cc1nc(-c2ccc(Cl)c(Cl)c2)n(CC(=O)NCC2CCCO2)n1. The zero-order valence-electron chi connectivity index (χ0n) is 13.3. The Bertz CT molecular complexity index is 742. The molecular formula is C16H18Cl2N4O2.